The fraction of sp³-hybridized carbons (Fsp3) is 0.250. The largest absolute Gasteiger partial charge is 0.458 e. The second kappa shape index (κ2) is 7.04. The van der Waals surface area contributed by atoms with Gasteiger partial charge in [-0.15, -0.1) is 0 Å². The summed E-state index contributed by atoms with van der Waals surface area (Å²) in [7, 11) is 1.62. The van der Waals surface area contributed by atoms with Gasteiger partial charge >= 0.3 is 12.1 Å². The van der Waals surface area contributed by atoms with Gasteiger partial charge < -0.3 is 10.6 Å². The summed E-state index contributed by atoms with van der Waals surface area (Å²) in [6.07, 6.45) is -2.76. The summed E-state index contributed by atoms with van der Waals surface area (Å²) in [6.45, 7) is -0.0256. The molecule has 0 unspecified atom stereocenters. The summed E-state index contributed by atoms with van der Waals surface area (Å²) in [6, 6.07) is 5.11. The Morgan fingerprint density at radius 1 is 1.08 bits per heavy atom. The molecular weight excluding hydrogens is 345 g/mol. The molecule has 1 aromatic carbocycles. The van der Waals surface area contributed by atoms with Crippen LogP contribution < -0.4 is 10.6 Å². The number of hydrogen-bond acceptors (Lipinski definition) is 3. The molecule has 0 saturated heterocycles. The Hall–Kier alpha value is -2.71. The Morgan fingerprint density at radius 2 is 1.72 bits per heavy atom. The molecule has 0 aliphatic heterocycles. The third kappa shape index (κ3) is 4.04. The summed E-state index contributed by atoms with van der Waals surface area (Å²) in [4.78, 5) is 16.0. The minimum Gasteiger partial charge on any atom is -0.386 e. The predicted molar refractivity (Wildman–Crippen MR) is 81.3 cm³/mol. The third-order valence-corrected chi connectivity index (χ3v) is 3.46. The second-order valence-electron chi connectivity index (χ2n) is 5.12. The normalized spacial score (nSPS) is 11.9. The number of carbonyl (C=O) groups excluding carboxylic acids is 1. The lowest BCUT2D eigenvalue weighted by Crippen LogP contribution is -2.33. The maximum Gasteiger partial charge on any atom is 0.458 e. The maximum absolute atomic E-state index is 13.2. The number of carbonyl (C=O) groups is 1. The number of nitrogens with one attached hydrogen (secondary N) is 2. The van der Waals surface area contributed by atoms with Crippen LogP contribution in [0, 0.1) is 0 Å². The van der Waals surface area contributed by atoms with E-state index in [1.807, 2.05) is 0 Å². The highest BCUT2D eigenvalue weighted by molar-refractivity contribution is 5.99. The van der Waals surface area contributed by atoms with E-state index >= 15 is 0 Å². The van der Waals surface area contributed by atoms with Gasteiger partial charge in [0.15, 0.2) is 0 Å². The van der Waals surface area contributed by atoms with E-state index in [9.17, 15) is 26.7 Å². The zero-order valence-corrected chi connectivity index (χ0v) is 13.0. The van der Waals surface area contributed by atoms with Crippen molar-refractivity contribution in [1.29, 1.82) is 0 Å². The standard InChI is InChI=1S/C16H14F5N3O/c1-22-13-9-23-7-6-12(13)14(25)24-8-10-2-4-11(5-3-10)15(17,18)16(19,20)21/h2-7,9,22H,8H2,1H3,(H,24,25). The lowest BCUT2D eigenvalue weighted by Gasteiger charge is -2.20. The van der Waals surface area contributed by atoms with Crippen LogP contribution in [-0.2, 0) is 12.5 Å². The Labute approximate surface area is 140 Å². The summed E-state index contributed by atoms with van der Waals surface area (Å²) >= 11 is 0. The molecule has 134 valence electrons. The summed E-state index contributed by atoms with van der Waals surface area (Å²) < 4.78 is 63.4. The van der Waals surface area contributed by atoms with E-state index in [2.05, 4.69) is 15.6 Å². The summed E-state index contributed by atoms with van der Waals surface area (Å²) in [5.41, 5.74) is 0.0645. The Kier molecular flexibility index (Phi) is 5.24. The minimum absolute atomic E-state index is 0.0256. The molecule has 0 bridgehead atoms. The van der Waals surface area contributed by atoms with Crippen molar-refractivity contribution in [3.8, 4) is 0 Å². The molecule has 0 aliphatic carbocycles. The van der Waals surface area contributed by atoms with Crippen LogP contribution in [0.25, 0.3) is 0 Å². The predicted octanol–water partition coefficient (Wildman–Crippen LogP) is 3.71. The Balaban J connectivity index is 2.06. The zero-order valence-electron chi connectivity index (χ0n) is 13.0. The SMILES string of the molecule is CNc1cnccc1C(=O)NCc1ccc(C(F)(F)C(F)(F)F)cc1. The second-order valence-corrected chi connectivity index (χ2v) is 5.12. The van der Waals surface area contributed by atoms with E-state index in [0.717, 1.165) is 12.1 Å². The maximum atomic E-state index is 13.2. The number of hydrogen-bond donors (Lipinski definition) is 2. The minimum atomic E-state index is -5.66. The number of benzene rings is 1. The molecule has 2 aromatic rings. The topological polar surface area (TPSA) is 54.0 Å². The van der Waals surface area contributed by atoms with Crippen molar-refractivity contribution >= 4 is 11.6 Å². The third-order valence-electron chi connectivity index (χ3n) is 3.46. The lowest BCUT2D eigenvalue weighted by atomic mass is 10.1. The van der Waals surface area contributed by atoms with Gasteiger partial charge in [-0.25, -0.2) is 0 Å². The monoisotopic (exact) mass is 359 g/mol. The van der Waals surface area contributed by atoms with Gasteiger partial charge in [0.1, 0.15) is 0 Å². The lowest BCUT2D eigenvalue weighted by molar-refractivity contribution is -0.289. The van der Waals surface area contributed by atoms with Crippen LogP contribution in [0.4, 0.5) is 27.6 Å². The van der Waals surface area contributed by atoms with Crippen molar-refractivity contribution < 1.29 is 26.7 Å². The molecule has 2 rings (SSSR count). The van der Waals surface area contributed by atoms with Gasteiger partial charge in [-0.1, -0.05) is 24.3 Å². The summed E-state index contributed by atoms with van der Waals surface area (Å²) in [5, 5.41) is 5.36. The molecular formula is C16H14F5N3O. The van der Waals surface area contributed by atoms with Crippen LogP contribution >= 0.6 is 0 Å². The molecule has 0 aliphatic rings. The average molecular weight is 359 g/mol. The molecule has 0 atom stereocenters. The van der Waals surface area contributed by atoms with Gasteiger partial charge in [-0.05, 0) is 11.6 Å². The van der Waals surface area contributed by atoms with E-state index < -0.39 is 23.6 Å². The molecule has 0 radical (unpaired) electrons. The molecule has 1 aromatic heterocycles. The van der Waals surface area contributed by atoms with Crippen molar-refractivity contribution in [2.24, 2.45) is 0 Å². The van der Waals surface area contributed by atoms with E-state index in [1.54, 1.807) is 7.05 Å². The molecule has 9 heteroatoms. The first kappa shape index (κ1) is 18.6. The highest BCUT2D eigenvalue weighted by atomic mass is 19.4. The first-order chi connectivity index (χ1) is 11.7. The van der Waals surface area contributed by atoms with Crippen LogP contribution in [0.15, 0.2) is 42.7 Å². The summed E-state index contributed by atoms with van der Waals surface area (Å²) in [5.74, 6) is -5.36. The smallest absolute Gasteiger partial charge is 0.386 e. The molecule has 25 heavy (non-hydrogen) atoms. The first-order valence-electron chi connectivity index (χ1n) is 7.10. The van der Waals surface area contributed by atoms with Gasteiger partial charge in [0.25, 0.3) is 5.91 Å². The van der Waals surface area contributed by atoms with Gasteiger partial charge in [0.2, 0.25) is 0 Å². The van der Waals surface area contributed by atoms with Gasteiger partial charge in [-0.3, -0.25) is 9.78 Å². The van der Waals surface area contributed by atoms with Crippen molar-refractivity contribution in [2.75, 3.05) is 12.4 Å². The number of halogens is 5. The number of pyridine rings is 1. The van der Waals surface area contributed by atoms with Crippen molar-refractivity contribution in [3.05, 3.63) is 59.4 Å². The highest BCUT2D eigenvalue weighted by Gasteiger charge is 2.58. The van der Waals surface area contributed by atoms with Crippen molar-refractivity contribution in [1.82, 2.24) is 10.3 Å². The Morgan fingerprint density at radius 3 is 2.28 bits per heavy atom. The van der Waals surface area contributed by atoms with E-state index in [4.69, 9.17) is 0 Å². The molecule has 1 amide bonds. The van der Waals surface area contributed by atoms with Crippen LogP contribution in [-0.4, -0.2) is 24.1 Å². The number of rotatable bonds is 5. The Bertz CT molecular complexity index is 744. The fourth-order valence-corrected chi connectivity index (χ4v) is 2.06. The van der Waals surface area contributed by atoms with E-state index in [0.29, 0.717) is 28.9 Å². The number of anilines is 1. The fourth-order valence-electron chi connectivity index (χ4n) is 2.06. The van der Waals surface area contributed by atoms with E-state index in [1.165, 1.54) is 18.5 Å². The highest BCUT2D eigenvalue weighted by Crippen LogP contribution is 2.43. The van der Waals surface area contributed by atoms with Crippen LogP contribution in [0.2, 0.25) is 0 Å². The number of nitrogens with zero attached hydrogens (tertiary/aromatic N) is 1. The van der Waals surface area contributed by atoms with Crippen molar-refractivity contribution in [2.45, 2.75) is 18.6 Å². The molecule has 0 spiro atoms. The number of aromatic nitrogens is 1. The zero-order chi connectivity index (χ0) is 18.7. The molecule has 1 heterocycles. The molecule has 4 nitrogen and oxygen atoms in total. The van der Waals surface area contributed by atoms with Crippen LogP contribution in [0.3, 0.4) is 0 Å². The van der Waals surface area contributed by atoms with Crippen molar-refractivity contribution in [3.63, 3.8) is 0 Å². The number of alkyl halides is 5. The number of amides is 1. The van der Waals surface area contributed by atoms with Crippen LogP contribution in [0.5, 0.6) is 0 Å². The quantitative estimate of drug-likeness (QED) is 0.801. The van der Waals surface area contributed by atoms with E-state index in [-0.39, 0.29) is 6.54 Å². The van der Waals surface area contributed by atoms with Gasteiger partial charge in [-0.2, -0.15) is 22.0 Å². The average Bonchev–Trinajstić information content (AvgIpc) is 2.59. The molecule has 0 saturated carbocycles. The molecule has 0 fully saturated rings. The van der Waals surface area contributed by atoms with Gasteiger partial charge in [0.05, 0.1) is 17.4 Å². The molecule has 2 N–H and O–H groups in total. The first-order valence-corrected chi connectivity index (χ1v) is 7.10. The van der Waals surface area contributed by atoms with Gasteiger partial charge in [0, 0.05) is 25.4 Å². The van der Waals surface area contributed by atoms with Crippen LogP contribution in [0.1, 0.15) is 21.5 Å².